The maximum atomic E-state index is 12.6. The number of ether oxygens (including phenoxy) is 1. The molecule has 0 spiro atoms. The molecule has 0 aliphatic carbocycles. The number of rotatable bonds is 9. The lowest BCUT2D eigenvalue weighted by molar-refractivity contribution is -0.120. The molecular weight excluding hydrogens is 404 g/mol. The van der Waals surface area contributed by atoms with Gasteiger partial charge in [0.25, 0.3) is 0 Å². The number of aromatic nitrogens is 3. The first-order valence-corrected chi connectivity index (χ1v) is 11.4. The molecule has 1 atom stereocenters. The van der Waals surface area contributed by atoms with E-state index in [4.69, 9.17) is 4.74 Å². The van der Waals surface area contributed by atoms with Crippen LogP contribution in [0.3, 0.4) is 0 Å². The van der Waals surface area contributed by atoms with Crippen LogP contribution in [0.4, 0.5) is 11.5 Å². The quantitative estimate of drug-likeness (QED) is 0.475. The van der Waals surface area contributed by atoms with Gasteiger partial charge in [-0.25, -0.2) is 9.97 Å². The lowest BCUT2D eigenvalue weighted by Gasteiger charge is -2.34. The SMILES string of the molecule is CC(C)CCOc1cccc(NCC(=O)N[C@@H]2CCCN(c3ncnc4[nH]ccc34)C2)c1. The Kier molecular flexibility index (Phi) is 7.09. The van der Waals surface area contributed by atoms with Gasteiger partial charge < -0.3 is 25.3 Å². The van der Waals surface area contributed by atoms with Crippen molar-refractivity contribution in [3.05, 3.63) is 42.9 Å². The molecule has 1 aromatic carbocycles. The molecule has 3 N–H and O–H groups in total. The molecule has 0 unspecified atom stereocenters. The first-order valence-electron chi connectivity index (χ1n) is 11.4. The average Bonchev–Trinajstić information content (AvgIpc) is 3.27. The Labute approximate surface area is 188 Å². The van der Waals surface area contributed by atoms with Crippen molar-refractivity contribution in [1.82, 2.24) is 20.3 Å². The summed E-state index contributed by atoms with van der Waals surface area (Å²) in [5, 5.41) is 7.38. The third kappa shape index (κ3) is 5.69. The highest BCUT2D eigenvalue weighted by Crippen LogP contribution is 2.25. The van der Waals surface area contributed by atoms with E-state index in [0.29, 0.717) is 12.5 Å². The van der Waals surface area contributed by atoms with Crippen LogP contribution in [0.25, 0.3) is 11.0 Å². The number of hydrogen-bond donors (Lipinski definition) is 3. The van der Waals surface area contributed by atoms with Crippen LogP contribution in [-0.2, 0) is 4.79 Å². The lowest BCUT2D eigenvalue weighted by Crippen LogP contribution is -2.49. The number of benzene rings is 1. The summed E-state index contributed by atoms with van der Waals surface area (Å²) in [5.74, 6) is 2.33. The van der Waals surface area contributed by atoms with Crippen LogP contribution in [0.15, 0.2) is 42.9 Å². The van der Waals surface area contributed by atoms with Gasteiger partial charge in [-0.1, -0.05) is 19.9 Å². The van der Waals surface area contributed by atoms with Crippen molar-refractivity contribution in [3.63, 3.8) is 0 Å². The zero-order valence-electron chi connectivity index (χ0n) is 18.8. The predicted octanol–water partition coefficient (Wildman–Crippen LogP) is 3.58. The number of aromatic amines is 1. The first-order chi connectivity index (χ1) is 15.6. The van der Waals surface area contributed by atoms with Crippen molar-refractivity contribution < 1.29 is 9.53 Å². The molecule has 0 bridgehead atoms. The van der Waals surface area contributed by atoms with Gasteiger partial charge in [0.15, 0.2) is 0 Å². The Bertz CT molecular complexity index is 1030. The number of carbonyl (C=O) groups is 1. The third-order valence-electron chi connectivity index (χ3n) is 5.67. The molecule has 170 valence electrons. The monoisotopic (exact) mass is 436 g/mol. The summed E-state index contributed by atoms with van der Waals surface area (Å²) < 4.78 is 5.81. The van der Waals surface area contributed by atoms with Gasteiger partial charge in [-0.2, -0.15) is 0 Å². The molecule has 32 heavy (non-hydrogen) atoms. The van der Waals surface area contributed by atoms with Gasteiger partial charge in [0.05, 0.1) is 18.5 Å². The van der Waals surface area contributed by atoms with Crippen LogP contribution in [0.2, 0.25) is 0 Å². The van der Waals surface area contributed by atoms with Crippen molar-refractivity contribution in [2.75, 3.05) is 36.5 Å². The summed E-state index contributed by atoms with van der Waals surface area (Å²) in [4.78, 5) is 26.7. The number of nitrogens with zero attached hydrogens (tertiary/aromatic N) is 3. The molecule has 3 aromatic rings. The Morgan fingerprint density at radius 2 is 2.22 bits per heavy atom. The topological polar surface area (TPSA) is 95.2 Å². The molecule has 8 heteroatoms. The second-order valence-corrected chi connectivity index (χ2v) is 8.70. The standard InChI is InChI=1S/C24H32N6O2/c1-17(2)9-12-32-20-7-3-5-18(13-20)26-14-22(31)29-19-6-4-11-30(15-19)24-21-8-10-25-23(21)27-16-28-24/h3,5,7-8,10,13,16-17,19,26H,4,6,9,11-12,14-15H2,1-2H3,(H,29,31)(H,25,27,28)/t19-/m1/s1. The van der Waals surface area contributed by atoms with Gasteiger partial charge in [0, 0.05) is 37.1 Å². The fourth-order valence-corrected chi connectivity index (χ4v) is 3.97. The van der Waals surface area contributed by atoms with E-state index >= 15 is 0 Å². The van der Waals surface area contributed by atoms with Crippen LogP contribution >= 0.6 is 0 Å². The number of nitrogens with one attached hydrogen (secondary N) is 3. The zero-order chi connectivity index (χ0) is 22.3. The van der Waals surface area contributed by atoms with Crippen LogP contribution in [0.5, 0.6) is 5.75 Å². The molecule has 1 aliphatic rings. The van der Waals surface area contributed by atoms with Crippen molar-refractivity contribution in [1.29, 1.82) is 0 Å². The highest BCUT2D eigenvalue weighted by Gasteiger charge is 2.23. The Hall–Kier alpha value is -3.29. The number of carbonyl (C=O) groups excluding carboxylic acids is 1. The maximum absolute atomic E-state index is 12.6. The van der Waals surface area contributed by atoms with Crippen molar-refractivity contribution in [2.24, 2.45) is 5.92 Å². The summed E-state index contributed by atoms with van der Waals surface area (Å²) >= 11 is 0. The van der Waals surface area contributed by atoms with Gasteiger partial charge in [0.1, 0.15) is 23.5 Å². The van der Waals surface area contributed by atoms with Crippen LogP contribution in [0.1, 0.15) is 33.1 Å². The zero-order valence-corrected chi connectivity index (χ0v) is 18.8. The van der Waals surface area contributed by atoms with Crippen molar-refractivity contribution >= 4 is 28.4 Å². The minimum atomic E-state index is -0.0162. The molecule has 3 heterocycles. The van der Waals surface area contributed by atoms with Crippen LogP contribution in [-0.4, -0.2) is 53.1 Å². The molecule has 8 nitrogen and oxygen atoms in total. The lowest BCUT2D eigenvalue weighted by atomic mass is 10.1. The Morgan fingerprint density at radius 1 is 1.31 bits per heavy atom. The van der Waals surface area contributed by atoms with E-state index in [9.17, 15) is 4.79 Å². The van der Waals surface area contributed by atoms with E-state index in [-0.39, 0.29) is 18.5 Å². The van der Waals surface area contributed by atoms with E-state index in [1.807, 2.05) is 36.5 Å². The van der Waals surface area contributed by atoms with E-state index in [2.05, 4.69) is 44.3 Å². The first kappa shape index (κ1) is 21.9. The van der Waals surface area contributed by atoms with Gasteiger partial charge in [-0.3, -0.25) is 4.79 Å². The summed E-state index contributed by atoms with van der Waals surface area (Å²) in [6.07, 6.45) is 6.44. The average molecular weight is 437 g/mol. The second-order valence-electron chi connectivity index (χ2n) is 8.70. The summed E-state index contributed by atoms with van der Waals surface area (Å²) in [7, 11) is 0. The minimum Gasteiger partial charge on any atom is -0.494 e. The largest absolute Gasteiger partial charge is 0.494 e. The molecule has 4 rings (SSSR count). The van der Waals surface area contributed by atoms with Crippen molar-refractivity contribution in [3.8, 4) is 5.75 Å². The van der Waals surface area contributed by atoms with Gasteiger partial charge >= 0.3 is 0 Å². The highest BCUT2D eigenvalue weighted by atomic mass is 16.5. The second kappa shape index (κ2) is 10.3. The van der Waals surface area contributed by atoms with Gasteiger partial charge in [-0.15, -0.1) is 0 Å². The fourth-order valence-electron chi connectivity index (χ4n) is 3.97. The smallest absolute Gasteiger partial charge is 0.239 e. The van der Waals surface area contributed by atoms with E-state index in [1.165, 1.54) is 0 Å². The maximum Gasteiger partial charge on any atom is 0.239 e. The molecule has 0 saturated carbocycles. The number of H-pyrrole nitrogens is 1. The normalized spacial score (nSPS) is 16.3. The number of anilines is 2. The van der Waals surface area contributed by atoms with E-state index < -0.39 is 0 Å². The predicted molar refractivity (Wildman–Crippen MR) is 127 cm³/mol. The highest BCUT2D eigenvalue weighted by molar-refractivity contribution is 5.87. The van der Waals surface area contributed by atoms with E-state index in [1.54, 1.807) is 6.33 Å². The van der Waals surface area contributed by atoms with Crippen LogP contribution < -0.4 is 20.3 Å². The number of fused-ring (bicyclic) bond motifs is 1. The Balaban J connectivity index is 1.27. The third-order valence-corrected chi connectivity index (χ3v) is 5.67. The molecule has 2 aromatic heterocycles. The fraction of sp³-hybridized carbons (Fsp3) is 0.458. The molecule has 1 fully saturated rings. The van der Waals surface area contributed by atoms with Gasteiger partial charge in [0.2, 0.25) is 5.91 Å². The number of piperidine rings is 1. The van der Waals surface area contributed by atoms with Gasteiger partial charge in [-0.05, 0) is 43.4 Å². The summed E-state index contributed by atoms with van der Waals surface area (Å²) in [6, 6.07) is 9.85. The van der Waals surface area contributed by atoms with Crippen LogP contribution in [0, 0.1) is 5.92 Å². The summed E-state index contributed by atoms with van der Waals surface area (Å²) in [5.41, 5.74) is 1.71. The molecule has 1 amide bonds. The Morgan fingerprint density at radius 3 is 3.09 bits per heavy atom. The summed E-state index contributed by atoms with van der Waals surface area (Å²) in [6.45, 7) is 6.94. The van der Waals surface area contributed by atoms with E-state index in [0.717, 1.165) is 60.6 Å². The van der Waals surface area contributed by atoms with Crippen molar-refractivity contribution in [2.45, 2.75) is 39.2 Å². The minimum absolute atomic E-state index is 0.0162. The molecule has 1 saturated heterocycles. The molecule has 0 radical (unpaired) electrons. The molecule has 1 aliphatic heterocycles. The number of hydrogen-bond acceptors (Lipinski definition) is 6. The number of amides is 1. The molecular formula is C24H32N6O2.